The zero-order chi connectivity index (χ0) is 20.1. The highest BCUT2D eigenvalue weighted by molar-refractivity contribution is 6.02. The van der Waals surface area contributed by atoms with Crippen molar-refractivity contribution < 1.29 is 14.3 Å². The molecule has 9 nitrogen and oxygen atoms in total. The van der Waals surface area contributed by atoms with Crippen LogP contribution < -0.4 is 5.32 Å². The number of aromatic nitrogens is 4. The Morgan fingerprint density at radius 1 is 1.39 bits per heavy atom. The van der Waals surface area contributed by atoms with Crippen molar-refractivity contribution in [3.63, 3.8) is 0 Å². The monoisotopic (exact) mass is 388 g/mol. The van der Waals surface area contributed by atoms with Crippen molar-refractivity contribution in [2.75, 3.05) is 32.6 Å². The number of imidazole rings is 1. The van der Waals surface area contributed by atoms with Gasteiger partial charge >= 0.3 is 0 Å². The summed E-state index contributed by atoms with van der Waals surface area (Å²) in [5.41, 5.74) is 1.18. The topological polar surface area (TPSA) is 94.4 Å². The molecule has 1 fully saturated rings. The van der Waals surface area contributed by atoms with Gasteiger partial charge in [-0.3, -0.25) is 9.36 Å². The van der Waals surface area contributed by atoms with Crippen LogP contribution in [0.4, 0.5) is 5.82 Å². The van der Waals surface area contributed by atoms with Gasteiger partial charge in [0.1, 0.15) is 12.6 Å². The first kappa shape index (κ1) is 20.4. The number of rotatable bonds is 8. The van der Waals surface area contributed by atoms with Crippen LogP contribution in [-0.2, 0) is 14.3 Å². The molecule has 2 atom stereocenters. The van der Waals surface area contributed by atoms with E-state index in [1.165, 1.54) is 12.4 Å². The molecule has 1 N–H and O–H groups in total. The lowest BCUT2D eigenvalue weighted by molar-refractivity contribution is -0.111. The maximum Gasteiger partial charge on any atom is 0.249 e. The summed E-state index contributed by atoms with van der Waals surface area (Å²) in [5.74, 6) is 0.139. The maximum atomic E-state index is 12.1. The standard InChI is InChI=1S/C19H28N6O3/c1-13(2)27-10-14-7-8-16(28-14)25-12-22-17-18(20-11-21-19(17)25)23-15(26)6-5-9-24(3)4/h5-6,11-14,16H,7-10H2,1-4H3,(H,20,21,23,26)/b6-5+. The molecular formula is C19H28N6O3. The maximum absolute atomic E-state index is 12.1. The van der Waals surface area contributed by atoms with Crippen LogP contribution in [0.25, 0.3) is 11.2 Å². The van der Waals surface area contributed by atoms with E-state index in [1.54, 1.807) is 12.4 Å². The quantitative estimate of drug-likeness (QED) is 0.691. The van der Waals surface area contributed by atoms with E-state index >= 15 is 0 Å². The predicted octanol–water partition coefficient (Wildman–Crippen LogP) is 1.99. The Balaban J connectivity index is 1.69. The number of fused-ring (bicyclic) bond motifs is 1. The molecule has 0 saturated carbocycles. The second kappa shape index (κ2) is 9.22. The highest BCUT2D eigenvalue weighted by Crippen LogP contribution is 2.31. The van der Waals surface area contributed by atoms with E-state index in [-0.39, 0.29) is 24.3 Å². The van der Waals surface area contributed by atoms with Gasteiger partial charge in [-0.2, -0.15) is 0 Å². The molecule has 1 aliphatic heterocycles. The molecule has 0 aliphatic carbocycles. The molecule has 2 aromatic heterocycles. The van der Waals surface area contributed by atoms with Gasteiger partial charge in [-0.05, 0) is 40.8 Å². The molecule has 0 aromatic carbocycles. The lowest BCUT2D eigenvalue weighted by atomic mass is 10.2. The van der Waals surface area contributed by atoms with Crippen LogP contribution >= 0.6 is 0 Å². The molecule has 1 saturated heterocycles. The summed E-state index contributed by atoms with van der Waals surface area (Å²) in [7, 11) is 3.88. The minimum Gasteiger partial charge on any atom is -0.376 e. The van der Waals surface area contributed by atoms with Crippen LogP contribution in [0.15, 0.2) is 24.8 Å². The number of likely N-dealkylation sites (N-methyl/N-ethyl adjacent to an activating group) is 1. The summed E-state index contributed by atoms with van der Waals surface area (Å²) >= 11 is 0. The average molecular weight is 388 g/mol. The van der Waals surface area contributed by atoms with E-state index in [0.29, 0.717) is 30.1 Å². The van der Waals surface area contributed by atoms with Gasteiger partial charge < -0.3 is 19.7 Å². The van der Waals surface area contributed by atoms with Gasteiger partial charge in [0.2, 0.25) is 5.91 Å². The molecule has 152 valence electrons. The van der Waals surface area contributed by atoms with Crippen LogP contribution in [-0.4, -0.2) is 69.8 Å². The first-order valence-electron chi connectivity index (χ1n) is 9.51. The minimum atomic E-state index is -0.251. The smallest absolute Gasteiger partial charge is 0.249 e. The van der Waals surface area contributed by atoms with Crippen molar-refractivity contribution in [2.45, 2.75) is 45.1 Å². The van der Waals surface area contributed by atoms with Crippen LogP contribution in [0.5, 0.6) is 0 Å². The van der Waals surface area contributed by atoms with E-state index in [4.69, 9.17) is 9.47 Å². The third kappa shape index (κ3) is 5.12. The van der Waals surface area contributed by atoms with Crippen molar-refractivity contribution in [3.8, 4) is 0 Å². The molecule has 0 bridgehead atoms. The first-order chi connectivity index (χ1) is 13.4. The predicted molar refractivity (Wildman–Crippen MR) is 106 cm³/mol. The van der Waals surface area contributed by atoms with Crippen molar-refractivity contribution in [3.05, 3.63) is 24.8 Å². The number of carbonyl (C=O) groups is 1. The Hall–Kier alpha value is -2.36. The molecule has 3 rings (SSSR count). The molecule has 2 unspecified atom stereocenters. The number of nitrogens with zero attached hydrogens (tertiary/aromatic N) is 5. The number of nitrogens with one attached hydrogen (secondary N) is 1. The molecule has 28 heavy (non-hydrogen) atoms. The molecule has 9 heteroatoms. The Kier molecular flexibility index (Phi) is 6.71. The summed E-state index contributed by atoms with van der Waals surface area (Å²) in [6.07, 6.45) is 8.27. The van der Waals surface area contributed by atoms with Gasteiger partial charge in [-0.15, -0.1) is 0 Å². The lowest BCUT2D eigenvalue weighted by Gasteiger charge is -2.16. The SMILES string of the molecule is CC(C)OCC1CCC(n2cnc3c(NC(=O)/C=C/CN(C)C)ncnc32)O1. The first-order valence-corrected chi connectivity index (χ1v) is 9.51. The van der Waals surface area contributed by atoms with Gasteiger partial charge in [0, 0.05) is 12.6 Å². The highest BCUT2D eigenvalue weighted by Gasteiger charge is 2.28. The summed E-state index contributed by atoms with van der Waals surface area (Å²) in [4.78, 5) is 27.0. The second-order valence-corrected chi connectivity index (χ2v) is 7.37. The van der Waals surface area contributed by atoms with Crippen molar-refractivity contribution >= 4 is 22.9 Å². The normalized spacial score (nSPS) is 20.1. The summed E-state index contributed by atoms with van der Waals surface area (Å²) in [6, 6.07) is 0. The zero-order valence-corrected chi connectivity index (χ0v) is 16.8. The Morgan fingerprint density at radius 3 is 2.96 bits per heavy atom. The Labute approximate surface area is 164 Å². The van der Waals surface area contributed by atoms with Crippen LogP contribution in [0.1, 0.15) is 32.9 Å². The van der Waals surface area contributed by atoms with E-state index in [9.17, 15) is 4.79 Å². The number of amides is 1. The number of hydrogen-bond donors (Lipinski definition) is 1. The molecule has 0 spiro atoms. The molecular weight excluding hydrogens is 360 g/mol. The second-order valence-electron chi connectivity index (χ2n) is 7.37. The lowest BCUT2D eigenvalue weighted by Crippen LogP contribution is -2.19. The number of ether oxygens (including phenoxy) is 2. The fourth-order valence-corrected chi connectivity index (χ4v) is 3.00. The molecule has 3 heterocycles. The van der Waals surface area contributed by atoms with Crippen LogP contribution in [0.2, 0.25) is 0 Å². The Bertz CT molecular complexity index is 832. The fraction of sp³-hybridized carbons (Fsp3) is 0.579. The van der Waals surface area contributed by atoms with Gasteiger partial charge in [0.25, 0.3) is 0 Å². The van der Waals surface area contributed by atoms with E-state index < -0.39 is 0 Å². The average Bonchev–Trinajstić information content (AvgIpc) is 3.26. The van der Waals surface area contributed by atoms with Gasteiger partial charge in [-0.1, -0.05) is 6.08 Å². The number of hydrogen-bond acceptors (Lipinski definition) is 7. The Morgan fingerprint density at radius 2 is 2.21 bits per heavy atom. The fourth-order valence-electron chi connectivity index (χ4n) is 3.00. The summed E-state index contributed by atoms with van der Waals surface area (Å²) in [5, 5.41) is 2.77. The van der Waals surface area contributed by atoms with E-state index in [2.05, 4.69) is 20.3 Å². The van der Waals surface area contributed by atoms with Gasteiger partial charge in [0.05, 0.1) is 25.1 Å². The van der Waals surface area contributed by atoms with Crippen molar-refractivity contribution in [2.24, 2.45) is 0 Å². The van der Waals surface area contributed by atoms with E-state index in [0.717, 1.165) is 12.8 Å². The highest BCUT2D eigenvalue weighted by atomic mass is 16.6. The molecule has 2 aromatic rings. The summed E-state index contributed by atoms with van der Waals surface area (Å²) < 4.78 is 13.6. The molecule has 1 amide bonds. The third-order valence-corrected chi connectivity index (χ3v) is 4.35. The molecule has 1 aliphatic rings. The van der Waals surface area contributed by atoms with Crippen LogP contribution in [0.3, 0.4) is 0 Å². The van der Waals surface area contributed by atoms with Crippen molar-refractivity contribution in [1.82, 2.24) is 24.4 Å². The molecule has 0 radical (unpaired) electrons. The van der Waals surface area contributed by atoms with Gasteiger partial charge in [0.15, 0.2) is 17.0 Å². The minimum absolute atomic E-state index is 0.0627. The van der Waals surface area contributed by atoms with Gasteiger partial charge in [-0.25, -0.2) is 15.0 Å². The largest absolute Gasteiger partial charge is 0.376 e. The number of anilines is 1. The summed E-state index contributed by atoms with van der Waals surface area (Å²) in [6.45, 7) is 5.29. The van der Waals surface area contributed by atoms with E-state index in [1.807, 2.05) is 37.4 Å². The third-order valence-electron chi connectivity index (χ3n) is 4.35. The zero-order valence-electron chi connectivity index (χ0n) is 16.8. The number of carbonyl (C=O) groups excluding carboxylic acids is 1. The van der Waals surface area contributed by atoms with Crippen molar-refractivity contribution in [1.29, 1.82) is 0 Å². The van der Waals surface area contributed by atoms with Crippen LogP contribution in [0, 0.1) is 0 Å².